The van der Waals surface area contributed by atoms with Gasteiger partial charge in [0.15, 0.2) is 5.65 Å². The van der Waals surface area contributed by atoms with Crippen molar-refractivity contribution in [3.63, 3.8) is 0 Å². The summed E-state index contributed by atoms with van der Waals surface area (Å²) >= 11 is 0. The van der Waals surface area contributed by atoms with Crippen molar-refractivity contribution in [1.82, 2.24) is 25.1 Å². The summed E-state index contributed by atoms with van der Waals surface area (Å²) in [6, 6.07) is 0. The summed E-state index contributed by atoms with van der Waals surface area (Å²) in [6.07, 6.45) is 3.59. The van der Waals surface area contributed by atoms with Gasteiger partial charge in [0.2, 0.25) is 0 Å². The molecule has 8 nitrogen and oxygen atoms in total. The number of fused-ring (bicyclic) bond motifs is 1. The topological polar surface area (TPSA) is 119 Å². The molecule has 1 amide bonds. The van der Waals surface area contributed by atoms with Crippen LogP contribution in [0.1, 0.15) is 12.8 Å². The number of nitrogens with zero attached hydrogens (tertiary/aromatic N) is 4. The number of nitrogen functional groups attached to an aromatic ring is 1. The van der Waals surface area contributed by atoms with E-state index in [9.17, 15) is 4.79 Å². The highest BCUT2D eigenvalue weighted by atomic mass is 16.4. The van der Waals surface area contributed by atoms with Gasteiger partial charge in [-0.05, 0) is 12.8 Å². The lowest BCUT2D eigenvalue weighted by Crippen LogP contribution is -2.22. The Labute approximate surface area is 103 Å². The second-order valence-corrected chi connectivity index (χ2v) is 3.80. The Morgan fingerprint density at radius 2 is 2.28 bits per heavy atom. The van der Waals surface area contributed by atoms with Crippen molar-refractivity contribution in [2.45, 2.75) is 19.4 Å². The minimum absolute atomic E-state index is 0.416. The Kier molecular flexibility index (Phi) is 3.56. The highest BCUT2D eigenvalue weighted by molar-refractivity contribution is 5.84. The molecule has 0 radical (unpaired) electrons. The van der Waals surface area contributed by atoms with Gasteiger partial charge in [-0.15, -0.1) is 0 Å². The maximum Gasteiger partial charge on any atom is 0.404 e. The zero-order chi connectivity index (χ0) is 13.0. The predicted octanol–water partition coefficient (Wildman–Crippen LogP) is 0.456. The van der Waals surface area contributed by atoms with Crippen LogP contribution in [0, 0.1) is 0 Å². The number of hydrogen-bond donors (Lipinski definition) is 3. The van der Waals surface area contributed by atoms with Gasteiger partial charge in [0, 0.05) is 13.1 Å². The molecule has 0 saturated carbocycles. The summed E-state index contributed by atoms with van der Waals surface area (Å²) in [5, 5.41) is 15.6. The van der Waals surface area contributed by atoms with Crippen LogP contribution in [-0.2, 0) is 6.54 Å². The highest BCUT2D eigenvalue weighted by Crippen LogP contribution is 2.15. The normalized spacial score (nSPS) is 10.7. The Hall–Kier alpha value is -2.38. The van der Waals surface area contributed by atoms with E-state index >= 15 is 0 Å². The second-order valence-electron chi connectivity index (χ2n) is 3.80. The lowest BCUT2D eigenvalue weighted by molar-refractivity contribution is 0.194. The van der Waals surface area contributed by atoms with Crippen molar-refractivity contribution >= 4 is 22.9 Å². The number of aryl methyl sites for hydroxylation is 1. The molecular formula is C10H14N6O2. The Morgan fingerprint density at radius 3 is 3.06 bits per heavy atom. The van der Waals surface area contributed by atoms with Crippen LogP contribution in [0.3, 0.4) is 0 Å². The van der Waals surface area contributed by atoms with Crippen LogP contribution in [0.4, 0.5) is 10.6 Å². The first-order valence-corrected chi connectivity index (χ1v) is 5.57. The number of carboxylic acid groups (broad SMARTS) is 1. The number of unbranched alkanes of at least 4 members (excludes halogenated alkanes) is 1. The smallest absolute Gasteiger partial charge is 0.404 e. The van der Waals surface area contributed by atoms with Gasteiger partial charge in [-0.2, -0.15) is 5.10 Å². The summed E-state index contributed by atoms with van der Waals surface area (Å²) in [6.45, 7) is 1.10. The monoisotopic (exact) mass is 250 g/mol. The third-order valence-corrected chi connectivity index (χ3v) is 2.54. The SMILES string of the molecule is Nc1ncnc2c1cnn2CCCCNC(=O)O. The standard InChI is InChI=1S/C10H14N6O2/c11-8-7-5-15-16(9(7)14-6-13-8)4-2-1-3-12-10(17)18/h5-6,12H,1-4H2,(H,17,18)(H2,11,13,14). The van der Waals surface area contributed by atoms with Crippen molar-refractivity contribution in [3.05, 3.63) is 12.5 Å². The van der Waals surface area contributed by atoms with E-state index in [1.807, 2.05) is 0 Å². The number of hydrogen-bond acceptors (Lipinski definition) is 5. The number of rotatable bonds is 5. The van der Waals surface area contributed by atoms with E-state index in [0.29, 0.717) is 24.6 Å². The van der Waals surface area contributed by atoms with Crippen molar-refractivity contribution in [1.29, 1.82) is 0 Å². The molecule has 96 valence electrons. The Bertz CT molecular complexity index is 552. The first-order chi connectivity index (χ1) is 8.68. The highest BCUT2D eigenvalue weighted by Gasteiger charge is 2.06. The molecule has 8 heteroatoms. The zero-order valence-corrected chi connectivity index (χ0v) is 9.70. The van der Waals surface area contributed by atoms with Crippen molar-refractivity contribution < 1.29 is 9.90 Å². The summed E-state index contributed by atoms with van der Waals surface area (Å²) in [5.41, 5.74) is 6.40. The molecule has 2 aromatic heterocycles. The van der Waals surface area contributed by atoms with Gasteiger partial charge >= 0.3 is 6.09 Å². The fourth-order valence-corrected chi connectivity index (χ4v) is 1.66. The predicted molar refractivity (Wildman–Crippen MR) is 65.0 cm³/mol. The van der Waals surface area contributed by atoms with Crippen LogP contribution < -0.4 is 11.1 Å². The number of aromatic nitrogens is 4. The van der Waals surface area contributed by atoms with Gasteiger partial charge in [-0.25, -0.2) is 19.4 Å². The van der Waals surface area contributed by atoms with E-state index < -0.39 is 6.09 Å². The van der Waals surface area contributed by atoms with E-state index in [1.165, 1.54) is 6.33 Å². The lowest BCUT2D eigenvalue weighted by atomic mass is 10.3. The van der Waals surface area contributed by atoms with Crippen LogP contribution in [0.15, 0.2) is 12.5 Å². The first-order valence-electron chi connectivity index (χ1n) is 5.57. The summed E-state index contributed by atoms with van der Waals surface area (Å²) < 4.78 is 1.74. The number of nitrogens with one attached hydrogen (secondary N) is 1. The molecule has 0 fully saturated rings. The van der Waals surface area contributed by atoms with Gasteiger partial charge in [0.05, 0.1) is 11.6 Å². The van der Waals surface area contributed by atoms with Gasteiger partial charge in [-0.1, -0.05) is 0 Å². The van der Waals surface area contributed by atoms with Crippen LogP contribution in [0.5, 0.6) is 0 Å². The molecule has 2 heterocycles. The summed E-state index contributed by atoms with van der Waals surface area (Å²) in [4.78, 5) is 18.3. The third-order valence-electron chi connectivity index (χ3n) is 2.54. The van der Waals surface area contributed by atoms with Crippen LogP contribution in [-0.4, -0.2) is 37.5 Å². The minimum atomic E-state index is -1.000. The van der Waals surface area contributed by atoms with Gasteiger partial charge in [-0.3, -0.25) is 0 Å². The quantitative estimate of drug-likeness (QED) is 0.663. The number of nitrogens with two attached hydrogens (primary N) is 1. The average Bonchev–Trinajstić information content (AvgIpc) is 2.73. The molecule has 0 aliphatic heterocycles. The van der Waals surface area contributed by atoms with Crippen molar-refractivity contribution in [2.24, 2.45) is 0 Å². The molecule has 0 spiro atoms. The maximum atomic E-state index is 10.2. The Balaban J connectivity index is 1.92. The first kappa shape index (κ1) is 12.1. The molecule has 2 rings (SSSR count). The van der Waals surface area contributed by atoms with Gasteiger partial charge < -0.3 is 16.2 Å². The molecule has 2 aromatic rings. The third kappa shape index (κ3) is 2.65. The molecule has 4 N–H and O–H groups in total. The molecule has 0 aliphatic rings. The summed E-state index contributed by atoms with van der Waals surface area (Å²) in [7, 11) is 0. The minimum Gasteiger partial charge on any atom is -0.465 e. The molecule has 0 saturated heterocycles. The molecule has 0 unspecified atom stereocenters. The van der Waals surface area contributed by atoms with Gasteiger partial charge in [0.25, 0.3) is 0 Å². The van der Waals surface area contributed by atoms with E-state index in [-0.39, 0.29) is 0 Å². The fraction of sp³-hybridized carbons (Fsp3) is 0.400. The zero-order valence-electron chi connectivity index (χ0n) is 9.70. The van der Waals surface area contributed by atoms with Gasteiger partial charge in [0.1, 0.15) is 12.1 Å². The Morgan fingerprint density at radius 1 is 1.44 bits per heavy atom. The van der Waals surface area contributed by atoms with Crippen LogP contribution in [0.25, 0.3) is 11.0 Å². The molecular weight excluding hydrogens is 236 g/mol. The molecule has 0 aromatic carbocycles. The van der Waals surface area contributed by atoms with E-state index in [1.54, 1.807) is 10.9 Å². The van der Waals surface area contributed by atoms with E-state index in [4.69, 9.17) is 10.8 Å². The lowest BCUT2D eigenvalue weighted by Gasteiger charge is -2.03. The number of amides is 1. The molecule has 0 aliphatic carbocycles. The maximum absolute atomic E-state index is 10.2. The van der Waals surface area contributed by atoms with Crippen molar-refractivity contribution in [2.75, 3.05) is 12.3 Å². The molecule has 0 atom stereocenters. The average molecular weight is 250 g/mol. The van der Waals surface area contributed by atoms with Crippen LogP contribution in [0.2, 0.25) is 0 Å². The number of carbonyl (C=O) groups is 1. The second kappa shape index (κ2) is 5.30. The largest absolute Gasteiger partial charge is 0.465 e. The van der Waals surface area contributed by atoms with E-state index in [2.05, 4.69) is 20.4 Å². The molecule has 18 heavy (non-hydrogen) atoms. The summed E-state index contributed by atoms with van der Waals surface area (Å²) in [5.74, 6) is 0.416. The van der Waals surface area contributed by atoms with E-state index in [0.717, 1.165) is 18.2 Å². The van der Waals surface area contributed by atoms with Crippen LogP contribution >= 0.6 is 0 Å². The number of anilines is 1. The molecule has 0 bridgehead atoms. The fourth-order valence-electron chi connectivity index (χ4n) is 1.66. The van der Waals surface area contributed by atoms with Crippen molar-refractivity contribution in [3.8, 4) is 0 Å².